The van der Waals surface area contributed by atoms with Crippen LogP contribution in [0.5, 0.6) is 0 Å². The molecule has 0 unspecified atom stereocenters. The number of aryl methyl sites for hydroxylation is 2. The van der Waals surface area contributed by atoms with E-state index in [-0.39, 0.29) is 5.91 Å². The average Bonchev–Trinajstić information content (AvgIpc) is 2.03. The van der Waals surface area contributed by atoms with E-state index in [0.717, 1.165) is 18.5 Å². The summed E-state index contributed by atoms with van der Waals surface area (Å²) in [4.78, 5) is 14.6. The Morgan fingerprint density at radius 1 is 1.62 bits per heavy atom. The van der Waals surface area contributed by atoms with E-state index in [1.165, 1.54) is 5.56 Å². The number of pyridine rings is 1. The first kappa shape index (κ1) is 9.71. The zero-order chi connectivity index (χ0) is 9.68. The molecule has 13 heavy (non-hydrogen) atoms. The quantitative estimate of drug-likeness (QED) is 0.753. The van der Waals surface area contributed by atoms with Crippen LogP contribution in [0, 0.1) is 6.92 Å². The predicted molar refractivity (Wildman–Crippen MR) is 51.1 cm³/mol. The molecule has 3 heteroatoms. The van der Waals surface area contributed by atoms with Crippen molar-refractivity contribution in [2.45, 2.75) is 26.2 Å². The maximum atomic E-state index is 10.5. The largest absolute Gasteiger partial charge is 0.370 e. The van der Waals surface area contributed by atoms with Crippen LogP contribution < -0.4 is 5.73 Å². The van der Waals surface area contributed by atoms with Crippen LogP contribution in [0.2, 0.25) is 0 Å². The van der Waals surface area contributed by atoms with Crippen molar-refractivity contribution in [1.29, 1.82) is 0 Å². The van der Waals surface area contributed by atoms with Crippen molar-refractivity contribution in [3.05, 3.63) is 29.6 Å². The normalized spacial score (nSPS) is 9.92. The Morgan fingerprint density at radius 2 is 2.38 bits per heavy atom. The highest BCUT2D eigenvalue weighted by Crippen LogP contribution is 2.04. The van der Waals surface area contributed by atoms with Gasteiger partial charge in [-0.15, -0.1) is 0 Å². The number of carbonyl (C=O) groups excluding carboxylic acids is 1. The van der Waals surface area contributed by atoms with Crippen LogP contribution in [-0.2, 0) is 11.2 Å². The first-order valence-corrected chi connectivity index (χ1v) is 4.38. The van der Waals surface area contributed by atoms with Crippen molar-refractivity contribution >= 4 is 5.91 Å². The van der Waals surface area contributed by atoms with Gasteiger partial charge >= 0.3 is 0 Å². The Kier molecular flexibility index (Phi) is 3.43. The second kappa shape index (κ2) is 4.60. The highest BCUT2D eigenvalue weighted by Gasteiger charge is 1.97. The van der Waals surface area contributed by atoms with Crippen LogP contribution in [-0.4, -0.2) is 10.9 Å². The number of nitrogens with zero attached hydrogens (tertiary/aromatic N) is 1. The molecule has 0 atom stereocenters. The second-order valence-electron chi connectivity index (χ2n) is 3.14. The number of carbonyl (C=O) groups is 1. The van der Waals surface area contributed by atoms with Crippen LogP contribution in [0.15, 0.2) is 18.3 Å². The monoisotopic (exact) mass is 178 g/mol. The van der Waals surface area contributed by atoms with Crippen LogP contribution >= 0.6 is 0 Å². The fraction of sp³-hybridized carbons (Fsp3) is 0.400. The van der Waals surface area contributed by atoms with Gasteiger partial charge in [-0.2, -0.15) is 0 Å². The smallest absolute Gasteiger partial charge is 0.217 e. The lowest BCUT2D eigenvalue weighted by atomic mass is 10.1. The van der Waals surface area contributed by atoms with Gasteiger partial charge in [-0.3, -0.25) is 9.78 Å². The molecule has 1 heterocycles. The van der Waals surface area contributed by atoms with Gasteiger partial charge in [-0.1, -0.05) is 0 Å². The summed E-state index contributed by atoms with van der Waals surface area (Å²) in [7, 11) is 0. The molecular weight excluding hydrogens is 164 g/mol. The maximum absolute atomic E-state index is 10.5. The van der Waals surface area contributed by atoms with E-state index in [2.05, 4.69) is 4.98 Å². The van der Waals surface area contributed by atoms with Gasteiger partial charge in [-0.05, 0) is 37.5 Å². The lowest BCUT2D eigenvalue weighted by Crippen LogP contribution is -2.10. The van der Waals surface area contributed by atoms with Gasteiger partial charge in [0.15, 0.2) is 0 Å². The molecule has 0 radical (unpaired) electrons. The number of aromatic nitrogens is 1. The molecular formula is C10H14N2O. The third-order valence-corrected chi connectivity index (χ3v) is 1.83. The lowest BCUT2D eigenvalue weighted by molar-refractivity contribution is -0.118. The number of hydrogen-bond acceptors (Lipinski definition) is 2. The molecule has 1 aromatic heterocycles. The Hall–Kier alpha value is -1.38. The topological polar surface area (TPSA) is 56.0 Å². The Bertz CT molecular complexity index is 297. The van der Waals surface area contributed by atoms with Gasteiger partial charge in [0.25, 0.3) is 0 Å². The molecule has 0 spiro atoms. The molecule has 0 aliphatic carbocycles. The van der Waals surface area contributed by atoms with E-state index in [1.807, 2.05) is 19.1 Å². The summed E-state index contributed by atoms with van der Waals surface area (Å²) in [5.41, 5.74) is 7.25. The Balaban J connectivity index is 2.41. The summed E-state index contributed by atoms with van der Waals surface area (Å²) in [5.74, 6) is -0.243. The molecule has 3 nitrogen and oxygen atoms in total. The van der Waals surface area contributed by atoms with Gasteiger partial charge in [0, 0.05) is 18.3 Å². The first-order valence-electron chi connectivity index (χ1n) is 4.38. The molecule has 1 amide bonds. The molecule has 0 aliphatic heterocycles. The highest BCUT2D eigenvalue weighted by molar-refractivity contribution is 5.73. The Labute approximate surface area is 78.0 Å². The summed E-state index contributed by atoms with van der Waals surface area (Å²) < 4.78 is 0. The summed E-state index contributed by atoms with van der Waals surface area (Å²) in [6, 6.07) is 3.98. The van der Waals surface area contributed by atoms with Gasteiger partial charge in [-0.25, -0.2) is 0 Å². The fourth-order valence-corrected chi connectivity index (χ4v) is 1.18. The molecule has 0 aromatic carbocycles. The summed E-state index contributed by atoms with van der Waals surface area (Å²) in [6.07, 6.45) is 3.83. The van der Waals surface area contributed by atoms with Crippen LogP contribution in [0.3, 0.4) is 0 Å². The molecule has 0 bridgehead atoms. The van der Waals surface area contributed by atoms with Gasteiger partial charge in [0.2, 0.25) is 5.91 Å². The number of amides is 1. The first-order chi connectivity index (χ1) is 6.18. The third kappa shape index (κ3) is 3.69. The Morgan fingerprint density at radius 3 is 3.00 bits per heavy atom. The van der Waals surface area contributed by atoms with Gasteiger partial charge in [0.1, 0.15) is 0 Å². The van der Waals surface area contributed by atoms with Crippen LogP contribution in [0.4, 0.5) is 0 Å². The molecule has 1 rings (SSSR count). The van der Waals surface area contributed by atoms with E-state index in [9.17, 15) is 4.79 Å². The highest BCUT2D eigenvalue weighted by atomic mass is 16.1. The van der Waals surface area contributed by atoms with Crippen LogP contribution in [0.25, 0.3) is 0 Å². The van der Waals surface area contributed by atoms with Crippen molar-refractivity contribution in [2.24, 2.45) is 5.73 Å². The average molecular weight is 178 g/mol. The number of rotatable bonds is 4. The molecule has 0 saturated carbocycles. The summed E-state index contributed by atoms with van der Waals surface area (Å²) in [6.45, 7) is 2.03. The second-order valence-corrected chi connectivity index (χ2v) is 3.14. The van der Waals surface area contributed by atoms with Crippen molar-refractivity contribution < 1.29 is 4.79 Å². The summed E-state index contributed by atoms with van der Waals surface area (Å²) >= 11 is 0. The minimum Gasteiger partial charge on any atom is -0.370 e. The van der Waals surface area contributed by atoms with Crippen molar-refractivity contribution in [2.75, 3.05) is 0 Å². The molecule has 0 fully saturated rings. The van der Waals surface area contributed by atoms with E-state index in [4.69, 9.17) is 5.73 Å². The van der Waals surface area contributed by atoms with E-state index in [1.54, 1.807) is 6.20 Å². The zero-order valence-electron chi connectivity index (χ0n) is 7.79. The van der Waals surface area contributed by atoms with Gasteiger partial charge < -0.3 is 5.73 Å². The van der Waals surface area contributed by atoms with Gasteiger partial charge in [0.05, 0.1) is 0 Å². The standard InChI is InChI=1S/C10H14N2O/c1-8-5-6-12-9(7-8)3-2-4-10(11)13/h5-7H,2-4H2,1H3,(H2,11,13). The molecule has 0 aliphatic rings. The molecule has 1 aromatic rings. The van der Waals surface area contributed by atoms with E-state index >= 15 is 0 Å². The zero-order valence-corrected chi connectivity index (χ0v) is 7.79. The summed E-state index contributed by atoms with van der Waals surface area (Å²) in [5, 5.41) is 0. The van der Waals surface area contributed by atoms with Crippen LogP contribution in [0.1, 0.15) is 24.1 Å². The maximum Gasteiger partial charge on any atom is 0.217 e. The van der Waals surface area contributed by atoms with Crippen molar-refractivity contribution in [3.63, 3.8) is 0 Å². The van der Waals surface area contributed by atoms with E-state index in [0.29, 0.717) is 6.42 Å². The molecule has 2 N–H and O–H groups in total. The fourth-order valence-electron chi connectivity index (χ4n) is 1.18. The minimum absolute atomic E-state index is 0.243. The lowest BCUT2D eigenvalue weighted by Gasteiger charge is -1.99. The minimum atomic E-state index is -0.243. The molecule has 70 valence electrons. The third-order valence-electron chi connectivity index (χ3n) is 1.83. The number of primary amides is 1. The number of nitrogens with two attached hydrogens (primary N) is 1. The van der Waals surface area contributed by atoms with Crippen molar-refractivity contribution in [3.8, 4) is 0 Å². The van der Waals surface area contributed by atoms with Crippen molar-refractivity contribution in [1.82, 2.24) is 4.98 Å². The number of hydrogen-bond donors (Lipinski definition) is 1. The van der Waals surface area contributed by atoms with E-state index < -0.39 is 0 Å². The predicted octanol–water partition coefficient (Wildman–Crippen LogP) is 1.20. The molecule has 0 saturated heterocycles. The SMILES string of the molecule is Cc1ccnc(CCCC(N)=O)c1.